The molecule has 1 saturated heterocycles. The third-order valence-electron chi connectivity index (χ3n) is 4.00. The summed E-state index contributed by atoms with van der Waals surface area (Å²) in [5.74, 6) is -0.610. The third kappa shape index (κ3) is 3.38. The number of rotatable bonds is 3. The fourth-order valence-electron chi connectivity index (χ4n) is 2.82. The highest BCUT2D eigenvalue weighted by molar-refractivity contribution is 6.30. The Morgan fingerprint density at radius 3 is 2.91 bits per heavy atom. The molecule has 7 heteroatoms. The Bertz CT molecular complexity index is 734. The van der Waals surface area contributed by atoms with Crippen molar-refractivity contribution in [1.82, 2.24) is 10.1 Å². The van der Waals surface area contributed by atoms with Gasteiger partial charge in [-0.3, -0.25) is 4.79 Å². The second kappa shape index (κ2) is 6.29. The molecule has 0 radical (unpaired) electrons. The highest BCUT2D eigenvalue weighted by Crippen LogP contribution is 2.25. The van der Waals surface area contributed by atoms with E-state index in [1.807, 2.05) is 6.92 Å². The summed E-state index contributed by atoms with van der Waals surface area (Å²) in [5, 5.41) is 14.2. The van der Waals surface area contributed by atoms with Crippen LogP contribution in [0, 0.1) is 18.7 Å². The van der Waals surface area contributed by atoms with Crippen molar-refractivity contribution >= 4 is 17.5 Å². The van der Waals surface area contributed by atoms with Crippen molar-refractivity contribution in [2.24, 2.45) is 5.92 Å². The number of carbonyl (C=O) groups is 1. The SMILES string of the molecule is Cc1cc(C[C@@H]2CN(C(=O)c3ccc(Cl)cc3F)C[C@H]2O)on1. The number of aliphatic hydroxyl groups excluding tert-OH is 1. The predicted molar refractivity (Wildman–Crippen MR) is 81.8 cm³/mol. The van der Waals surface area contributed by atoms with E-state index in [0.29, 0.717) is 18.7 Å². The molecule has 1 N–H and O–H groups in total. The minimum Gasteiger partial charge on any atom is -0.391 e. The fourth-order valence-corrected chi connectivity index (χ4v) is 2.98. The lowest BCUT2D eigenvalue weighted by molar-refractivity contribution is 0.0760. The molecule has 2 aromatic rings. The Balaban J connectivity index is 1.71. The molecule has 0 spiro atoms. The van der Waals surface area contributed by atoms with E-state index in [1.165, 1.54) is 17.0 Å². The average molecular weight is 339 g/mol. The van der Waals surface area contributed by atoms with Gasteiger partial charge in [-0.25, -0.2) is 4.39 Å². The first-order chi connectivity index (χ1) is 10.9. The lowest BCUT2D eigenvalue weighted by atomic mass is 10.0. The molecule has 1 aliphatic heterocycles. The molecule has 0 unspecified atom stereocenters. The van der Waals surface area contributed by atoms with Crippen LogP contribution in [0.2, 0.25) is 5.02 Å². The van der Waals surface area contributed by atoms with E-state index in [-0.39, 0.29) is 23.0 Å². The molecule has 1 amide bonds. The van der Waals surface area contributed by atoms with Crippen molar-refractivity contribution in [1.29, 1.82) is 0 Å². The summed E-state index contributed by atoms with van der Waals surface area (Å²) < 4.78 is 19.0. The summed E-state index contributed by atoms with van der Waals surface area (Å²) in [4.78, 5) is 13.9. The van der Waals surface area contributed by atoms with Gasteiger partial charge in [0.2, 0.25) is 0 Å². The highest BCUT2D eigenvalue weighted by atomic mass is 35.5. The van der Waals surface area contributed by atoms with Crippen LogP contribution in [0.3, 0.4) is 0 Å². The van der Waals surface area contributed by atoms with E-state index < -0.39 is 17.8 Å². The normalized spacial score (nSPS) is 21.0. The predicted octanol–water partition coefficient (Wildman–Crippen LogP) is 2.45. The second-order valence-corrected chi connectivity index (χ2v) is 6.24. The van der Waals surface area contributed by atoms with Gasteiger partial charge >= 0.3 is 0 Å². The minimum atomic E-state index is -0.681. The zero-order chi connectivity index (χ0) is 16.6. The number of aryl methyl sites for hydroxylation is 1. The molecular weight excluding hydrogens is 323 g/mol. The number of aliphatic hydroxyl groups is 1. The Hall–Kier alpha value is -1.92. The third-order valence-corrected chi connectivity index (χ3v) is 4.23. The molecule has 23 heavy (non-hydrogen) atoms. The van der Waals surface area contributed by atoms with Crippen molar-refractivity contribution in [3.63, 3.8) is 0 Å². The number of likely N-dealkylation sites (tertiary alicyclic amines) is 1. The summed E-state index contributed by atoms with van der Waals surface area (Å²) in [7, 11) is 0. The fraction of sp³-hybridized carbons (Fsp3) is 0.375. The first kappa shape index (κ1) is 16.0. The second-order valence-electron chi connectivity index (χ2n) is 5.80. The van der Waals surface area contributed by atoms with Gasteiger partial charge in [0.05, 0.1) is 17.4 Å². The summed E-state index contributed by atoms with van der Waals surface area (Å²) in [5.41, 5.74) is 0.724. The molecule has 0 aliphatic carbocycles. The molecular formula is C16H16ClFN2O3. The number of benzene rings is 1. The maximum atomic E-state index is 13.9. The van der Waals surface area contributed by atoms with Crippen LogP contribution in [-0.4, -0.2) is 40.3 Å². The molecule has 3 rings (SSSR count). The molecule has 0 bridgehead atoms. The van der Waals surface area contributed by atoms with Crippen molar-refractivity contribution in [2.75, 3.05) is 13.1 Å². The Labute approximate surface area is 137 Å². The van der Waals surface area contributed by atoms with Gasteiger partial charge in [-0.1, -0.05) is 16.8 Å². The first-order valence-corrected chi connectivity index (χ1v) is 7.66. The van der Waals surface area contributed by atoms with Gasteiger partial charge in [-0.15, -0.1) is 0 Å². The molecule has 5 nitrogen and oxygen atoms in total. The summed E-state index contributed by atoms with van der Waals surface area (Å²) in [6.07, 6.45) is -0.200. The van der Waals surface area contributed by atoms with E-state index in [0.717, 1.165) is 11.8 Å². The van der Waals surface area contributed by atoms with E-state index in [1.54, 1.807) is 6.07 Å². The van der Waals surface area contributed by atoms with Gasteiger partial charge in [0.25, 0.3) is 5.91 Å². The Kier molecular flexibility index (Phi) is 4.37. The van der Waals surface area contributed by atoms with Gasteiger partial charge in [0, 0.05) is 36.5 Å². The zero-order valence-electron chi connectivity index (χ0n) is 12.5. The van der Waals surface area contributed by atoms with Gasteiger partial charge < -0.3 is 14.5 Å². The largest absolute Gasteiger partial charge is 0.391 e. The van der Waals surface area contributed by atoms with Gasteiger partial charge in [0.15, 0.2) is 0 Å². The van der Waals surface area contributed by atoms with Crippen LogP contribution < -0.4 is 0 Å². The molecule has 1 aromatic heterocycles. The topological polar surface area (TPSA) is 66.6 Å². The van der Waals surface area contributed by atoms with Crippen LogP contribution in [0.4, 0.5) is 4.39 Å². The van der Waals surface area contributed by atoms with Crippen molar-refractivity contribution < 1.29 is 18.8 Å². The first-order valence-electron chi connectivity index (χ1n) is 7.28. The number of amides is 1. The summed E-state index contributed by atoms with van der Waals surface area (Å²) >= 11 is 5.70. The molecule has 0 saturated carbocycles. The lowest BCUT2D eigenvalue weighted by Gasteiger charge is -2.16. The van der Waals surface area contributed by atoms with Crippen LogP contribution >= 0.6 is 11.6 Å². The quantitative estimate of drug-likeness (QED) is 0.933. The standard InChI is InChI=1S/C16H16ClFN2O3/c1-9-4-12(23-19-9)5-10-7-20(8-15(10)21)16(22)13-3-2-11(17)6-14(13)18/h2-4,6,10,15,21H,5,7-8H2,1H3/t10-,15-/m1/s1. The highest BCUT2D eigenvalue weighted by Gasteiger charge is 2.35. The molecule has 122 valence electrons. The van der Waals surface area contributed by atoms with E-state index in [2.05, 4.69) is 5.16 Å². The van der Waals surface area contributed by atoms with Crippen LogP contribution in [0.15, 0.2) is 28.8 Å². The summed E-state index contributed by atoms with van der Waals surface area (Å²) in [6.45, 7) is 2.32. The monoisotopic (exact) mass is 338 g/mol. The molecule has 1 aromatic carbocycles. The zero-order valence-corrected chi connectivity index (χ0v) is 13.3. The molecule has 2 heterocycles. The Morgan fingerprint density at radius 2 is 2.26 bits per heavy atom. The van der Waals surface area contributed by atoms with E-state index in [9.17, 15) is 14.3 Å². The maximum absolute atomic E-state index is 13.9. The molecule has 2 atom stereocenters. The smallest absolute Gasteiger partial charge is 0.256 e. The lowest BCUT2D eigenvalue weighted by Crippen LogP contribution is -2.30. The number of carbonyl (C=O) groups excluding carboxylic acids is 1. The number of nitrogens with zero attached hydrogens (tertiary/aromatic N) is 2. The van der Waals surface area contributed by atoms with Crippen LogP contribution in [0.25, 0.3) is 0 Å². The van der Waals surface area contributed by atoms with Gasteiger partial charge in [0.1, 0.15) is 11.6 Å². The number of halogens is 2. The van der Waals surface area contributed by atoms with Crippen LogP contribution in [0.1, 0.15) is 21.8 Å². The van der Waals surface area contributed by atoms with Crippen molar-refractivity contribution in [2.45, 2.75) is 19.4 Å². The number of aromatic nitrogens is 1. The molecule has 1 fully saturated rings. The van der Waals surface area contributed by atoms with E-state index >= 15 is 0 Å². The number of hydrogen-bond donors (Lipinski definition) is 1. The van der Waals surface area contributed by atoms with E-state index in [4.69, 9.17) is 16.1 Å². The van der Waals surface area contributed by atoms with Gasteiger partial charge in [-0.2, -0.15) is 0 Å². The van der Waals surface area contributed by atoms with Crippen LogP contribution in [-0.2, 0) is 6.42 Å². The number of β-amino-alcohol motifs (C(OH)–C–C–N with tert-alkyl or cyclic N) is 1. The average Bonchev–Trinajstić information content (AvgIpc) is 3.05. The summed E-state index contributed by atoms with van der Waals surface area (Å²) in [6, 6.07) is 5.74. The Morgan fingerprint density at radius 1 is 1.48 bits per heavy atom. The maximum Gasteiger partial charge on any atom is 0.256 e. The van der Waals surface area contributed by atoms with Crippen molar-refractivity contribution in [3.8, 4) is 0 Å². The van der Waals surface area contributed by atoms with Crippen molar-refractivity contribution in [3.05, 3.63) is 52.1 Å². The minimum absolute atomic E-state index is 0.0437. The van der Waals surface area contributed by atoms with Gasteiger partial charge in [-0.05, 0) is 25.1 Å². The molecule has 1 aliphatic rings. The van der Waals surface area contributed by atoms with Crippen LogP contribution in [0.5, 0.6) is 0 Å². The number of hydrogen-bond acceptors (Lipinski definition) is 4.